The van der Waals surface area contributed by atoms with Crippen LogP contribution in [-0.2, 0) is 36.0 Å². The van der Waals surface area contributed by atoms with Gasteiger partial charge in [-0.05, 0) is 36.2 Å². The van der Waals surface area contributed by atoms with E-state index in [-0.39, 0.29) is 30.4 Å². The Morgan fingerprint density at radius 3 is 2.08 bits per heavy atom. The minimum atomic E-state index is -2.41. The predicted molar refractivity (Wildman–Crippen MR) is 188 cm³/mol. The molecule has 3 amide bonds. The van der Waals surface area contributed by atoms with Crippen LogP contribution in [0.2, 0.25) is 0 Å². The molecule has 1 heterocycles. The number of imidazole rings is 1. The number of nitrogens with one attached hydrogen (secondary N) is 4. The molecule has 0 spiro atoms. The minimum absolute atomic E-state index is 0.151. The lowest BCUT2D eigenvalue weighted by Gasteiger charge is -2.41. The Labute approximate surface area is 299 Å². The molecule has 0 aliphatic heterocycles. The number of carbonyl (C=O) groups excluding carboxylic acids is 5. The SMILES string of the molecule is COC(=O)N[C@H](C(=O)NN(CC1CCCCC1)C[C@H](C(=O)Cc1cnc[nH]1)C(C(=O)[C@@H](NC(=O)OC)C(C)C)C(N)(O)c1ccccc1)C(C)C. The number of aliphatic hydroxyl groups is 1. The van der Waals surface area contributed by atoms with Crippen LogP contribution < -0.4 is 21.8 Å². The average Bonchev–Trinajstić information content (AvgIpc) is 3.62. The van der Waals surface area contributed by atoms with Gasteiger partial charge in [-0.15, -0.1) is 0 Å². The zero-order valence-electron chi connectivity index (χ0n) is 30.5. The fraction of sp³-hybridized carbons (Fsp3) is 0.611. The summed E-state index contributed by atoms with van der Waals surface area (Å²) in [6.45, 7) is 7.06. The molecule has 1 aliphatic rings. The van der Waals surface area contributed by atoms with E-state index in [1.165, 1.54) is 26.7 Å². The molecule has 0 radical (unpaired) electrons. The third kappa shape index (κ3) is 11.6. The van der Waals surface area contributed by atoms with Crippen molar-refractivity contribution in [2.75, 3.05) is 27.3 Å². The number of hydrazine groups is 1. The molecule has 0 bridgehead atoms. The maximum atomic E-state index is 14.8. The second-order valence-electron chi connectivity index (χ2n) is 14.0. The van der Waals surface area contributed by atoms with E-state index < -0.39 is 65.2 Å². The fourth-order valence-corrected chi connectivity index (χ4v) is 6.68. The summed E-state index contributed by atoms with van der Waals surface area (Å²) in [5, 5.41) is 19.0. The summed E-state index contributed by atoms with van der Waals surface area (Å²) in [5.74, 6) is -5.34. The first-order valence-electron chi connectivity index (χ1n) is 17.5. The topological polar surface area (TPSA) is 218 Å². The molecule has 15 nitrogen and oxygen atoms in total. The lowest BCUT2D eigenvalue weighted by Crippen LogP contribution is -2.62. The highest BCUT2D eigenvalue weighted by atomic mass is 16.5. The van der Waals surface area contributed by atoms with Gasteiger partial charge in [0.05, 0.1) is 32.5 Å². The summed E-state index contributed by atoms with van der Waals surface area (Å²) >= 11 is 0. The number of amides is 3. The number of ketones is 2. The summed E-state index contributed by atoms with van der Waals surface area (Å²) in [5.41, 5.74) is 7.92. The van der Waals surface area contributed by atoms with Crippen LogP contribution in [0.25, 0.3) is 0 Å². The lowest BCUT2D eigenvalue weighted by molar-refractivity contribution is -0.149. The van der Waals surface area contributed by atoms with E-state index in [1.54, 1.807) is 63.0 Å². The van der Waals surface area contributed by atoms with Crippen molar-refractivity contribution in [3.63, 3.8) is 0 Å². The van der Waals surface area contributed by atoms with E-state index in [9.17, 15) is 29.1 Å². The third-order valence-electron chi connectivity index (χ3n) is 9.48. The number of aromatic amines is 1. The number of hydrogen-bond donors (Lipinski definition) is 6. The largest absolute Gasteiger partial charge is 0.453 e. The Morgan fingerprint density at radius 1 is 0.961 bits per heavy atom. The maximum absolute atomic E-state index is 14.8. The predicted octanol–water partition coefficient (Wildman–Crippen LogP) is 2.80. The summed E-state index contributed by atoms with van der Waals surface area (Å²) < 4.78 is 9.56. The Bertz CT molecular complexity index is 1430. The summed E-state index contributed by atoms with van der Waals surface area (Å²) in [7, 11) is 2.37. The van der Waals surface area contributed by atoms with E-state index in [1.807, 2.05) is 0 Å². The molecular formula is C36H55N7O8. The van der Waals surface area contributed by atoms with Crippen LogP contribution in [-0.4, -0.2) is 89.1 Å². The standard InChI is InChI=1S/C36H55N7O8/c1-22(2)30(40-34(47)50-5)32(45)29(36(37,49)25-15-11-8-12-16-25)27(28(44)17-26-18-38-21-39-26)20-43(19-24-13-9-7-10-14-24)42-33(46)31(23(3)4)41-35(48)51-6/h8,11-12,15-16,18,21-24,27,29-31,49H,7,9-10,13-14,17,19-20,37H2,1-6H3,(H,38,39)(H,40,47)(H,41,48)(H,42,46)/t27-,29?,30+,31+,36?/m1/s1. The van der Waals surface area contributed by atoms with Gasteiger partial charge >= 0.3 is 12.2 Å². The Hall–Kier alpha value is -4.34. The molecule has 2 unspecified atom stereocenters. The van der Waals surface area contributed by atoms with Crippen molar-refractivity contribution in [2.24, 2.45) is 35.3 Å². The van der Waals surface area contributed by atoms with Crippen molar-refractivity contribution in [2.45, 2.75) is 84.0 Å². The van der Waals surface area contributed by atoms with Gasteiger partial charge in [0.25, 0.3) is 5.91 Å². The number of rotatable bonds is 18. The van der Waals surface area contributed by atoms with Crippen molar-refractivity contribution in [1.29, 1.82) is 0 Å². The van der Waals surface area contributed by atoms with Gasteiger partial charge in [-0.1, -0.05) is 77.3 Å². The van der Waals surface area contributed by atoms with E-state index in [0.717, 1.165) is 32.1 Å². The van der Waals surface area contributed by atoms with E-state index >= 15 is 0 Å². The molecule has 5 atom stereocenters. The molecule has 1 saturated carbocycles. The number of Topliss-reactive ketones (excluding diaryl/α,β-unsaturated/α-hetero) is 2. The number of methoxy groups -OCH3 is 2. The van der Waals surface area contributed by atoms with Crippen LogP contribution in [0.15, 0.2) is 42.9 Å². The van der Waals surface area contributed by atoms with Gasteiger partial charge in [0.2, 0.25) is 0 Å². The highest BCUT2D eigenvalue weighted by Gasteiger charge is 2.50. The maximum Gasteiger partial charge on any atom is 0.407 e. The van der Waals surface area contributed by atoms with Gasteiger partial charge < -0.3 is 30.2 Å². The normalized spacial score (nSPS) is 17.2. The number of benzene rings is 1. The monoisotopic (exact) mass is 713 g/mol. The van der Waals surface area contributed by atoms with Crippen LogP contribution >= 0.6 is 0 Å². The van der Waals surface area contributed by atoms with Gasteiger partial charge in [-0.3, -0.25) is 25.5 Å². The number of alkyl carbamates (subject to hydrolysis) is 2. The zero-order valence-corrected chi connectivity index (χ0v) is 30.5. The van der Waals surface area contributed by atoms with Crippen molar-refractivity contribution >= 4 is 29.7 Å². The van der Waals surface area contributed by atoms with Gasteiger partial charge in [0.1, 0.15) is 17.6 Å². The molecule has 51 heavy (non-hydrogen) atoms. The zero-order chi connectivity index (χ0) is 37.7. The van der Waals surface area contributed by atoms with E-state index in [0.29, 0.717) is 12.2 Å². The van der Waals surface area contributed by atoms with E-state index in [4.69, 9.17) is 15.2 Å². The molecule has 2 aromatic rings. The highest BCUT2D eigenvalue weighted by Crippen LogP contribution is 2.35. The van der Waals surface area contributed by atoms with Gasteiger partial charge in [-0.2, -0.15) is 0 Å². The number of ether oxygens (including phenoxy) is 2. The fourth-order valence-electron chi connectivity index (χ4n) is 6.68. The van der Waals surface area contributed by atoms with Gasteiger partial charge in [-0.25, -0.2) is 19.6 Å². The van der Waals surface area contributed by atoms with Crippen LogP contribution in [0, 0.1) is 29.6 Å². The number of H-pyrrole nitrogens is 1. The first-order chi connectivity index (χ1) is 24.2. The molecule has 15 heteroatoms. The molecule has 1 aliphatic carbocycles. The Kier molecular flexibility index (Phi) is 15.6. The molecule has 7 N–H and O–H groups in total. The quantitative estimate of drug-likeness (QED) is 0.0975. The van der Waals surface area contributed by atoms with Crippen molar-refractivity contribution < 1.29 is 38.6 Å². The number of hydrogen-bond acceptors (Lipinski definition) is 11. The van der Waals surface area contributed by atoms with Crippen LogP contribution in [0.4, 0.5) is 9.59 Å². The molecule has 3 rings (SSSR count). The Balaban J connectivity index is 2.19. The Morgan fingerprint density at radius 2 is 1.55 bits per heavy atom. The minimum Gasteiger partial charge on any atom is -0.453 e. The van der Waals surface area contributed by atoms with Crippen molar-refractivity contribution in [1.82, 2.24) is 31.0 Å². The number of nitrogens with zero attached hydrogens (tertiary/aromatic N) is 2. The molecule has 282 valence electrons. The molecule has 1 aromatic heterocycles. The summed E-state index contributed by atoms with van der Waals surface area (Å²) in [6.07, 6.45) is 5.93. The summed E-state index contributed by atoms with van der Waals surface area (Å²) in [6, 6.07) is 5.94. The first kappa shape index (κ1) is 41.1. The molecule has 1 aromatic carbocycles. The molecular weight excluding hydrogens is 658 g/mol. The number of nitrogens with two attached hydrogens (primary N) is 1. The molecule has 1 fully saturated rings. The summed E-state index contributed by atoms with van der Waals surface area (Å²) in [4.78, 5) is 74.8. The van der Waals surface area contributed by atoms with Crippen LogP contribution in [0.3, 0.4) is 0 Å². The molecule has 0 saturated heterocycles. The van der Waals surface area contributed by atoms with Crippen molar-refractivity contribution in [3.8, 4) is 0 Å². The number of carbonyl (C=O) groups is 5. The van der Waals surface area contributed by atoms with E-state index in [2.05, 4.69) is 26.0 Å². The first-order valence-corrected chi connectivity index (χ1v) is 17.5. The lowest BCUT2D eigenvalue weighted by atomic mass is 9.71. The van der Waals surface area contributed by atoms with Gasteiger partial charge in [0.15, 0.2) is 5.78 Å². The van der Waals surface area contributed by atoms with Crippen molar-refractivity contribution in [3.05, 3.63) is 54.1 Å². The second-order valence-corrected chi connectivity index (χ2v) is 14.0. The highest BCUT2D eigenvalue weighted by molar-refractivity contribution is 5.96. The van der Waals surface area contributed by atoms with Gasteiger partial charge in [0, 0.05) is 37.3 Å². The third-order valence-corrected chi connectivity index (χ3v) is 9.48. The van der Waals surface area contributed by atoms with Crippen LogP contribution in [0.5, 0.6) is 0 Å². The smallest absolute Gasteiger partial charge is 0.407 e. The number of aromatic nitrogens is 2. The average molecular weight is 714 g/mol. The van der Waals surface area contributed by atoms with Crippen LogP contribution in [0.1, 0.15) is 71.1 Å². The second kappa shape index (κ2) is 19.3.